The number of ether oxygens (including phenoxy) is 1. The highest BCUT2D eigenvalue weighted by molar-refractivity contribution is 8.03. The van der Waals surface area contributed by atoms with Crippen molar-refractivity contribution in [2.75, 3.05) is 19.7 Å². The van der Waals surface area contributed by atoms with E-state index >= 15 is 0 Å². The van der Waals surface area contributed by atoms with Gasteiger partial charge in [0.2, 0.25) is 5.91 Å². The van der Waals surface area contributed by atoms with E-state index in [1.165, 1.54) is 16.7 Å². The Hall–Kier alpha value is -2.27. The number of nitrogens with one attached hydrogen (secondary N) is 1. The summed E-state index contributed by atoms with van der Waals surface area (Å²) in [6.07, 6.45) is -1.77. The first-order valence-corrected chi connectivity index (χ1v) is 9.41. The zero-order valence-electron chi connectivity index (χ0n) is 14.9. The minimum absolute atomic E-state index is 0.00462. The molecule has 3 aliphatic heterocycles. The van der Waals surface area contributed by atoms with Gasteiger partial charge in [-0.05, 0) is 6.92 Å². The van der Waals surface area contributed by atoms with Crippen LogP contribution in [-0.2, 0) is 14.3 Å². The third kappa shape index (κ3) is 3.25. The molecule has 3 aliphatic rings. The number of fused-ring (bicyclic) bond motifs is 1. The largest absolute Gasteiger partial charge is 0.477 e. The molecule has 0 aromatic carbocycles. The van der Waals surface area contributed by atoms with Crippen molar-refractivity contribution in [2.45, 2.75) is 31.2 Å². The number of aliphatic hydroxyl groups is 1. The Morgan fingerprint density at radius 3 is 2.59 bits per heavy atom. The second kappa shape index (κ2) is 7.04. The summed E-state index contributed by atoms with van der Waals surface area (Å²) in [7, 11) is 0. The number of thioether (sulfide) groups is 1. The van der Waals surface area contributed by atoms with Gasteiger partial charge < -0.3 is 30.5 Å². The number of carboxylic acid groups (broad SMARTS) is 1. The molecule has 0 unspecified atom stereocenters. The van der Waals surface area contributed by atoms with Crippen molar-refractivity contribution in [2.24, 2.45) is 17.6 Å². The van der Waals surface area contributed by atoms with E-state index in [0.717, 1.165) is 0 Å². The standard InChI is InChI=1S/C16H22N4O6S/c1-6-11-10(7(2)21)14(22)20(11)12(15(23)24)13(6)27-8-3-19(4-8)9(17)5-26-16(18)25/h6-8,10-11,17,21H,3-5H2,1-2H3,(H2,18,25)(H,23,24)/t6-,7-,10-,11-/m1/s1. The van der Waals surface area contributed by atoms with Crippen LogP contribution in [0.2, 0.25) is 0 Å². The number of hydrogen-bond donors (Lipinski definition) is 4. The third-order valence-corrected chi connectivity index (χ3v) is 6.64. The van der Waals surface area contributed by atoms with E-state index in [-0.39, 0.29) is 41.3 Å². The fourth-order valence-electron chi connectivity index (χ4n) is 3.82. The van der Waals surface area contributed by atoms with Gasteiger partial charge in [-0.3, -0.25) is 10.2 Å². The Morgan fingerprint density at radius 2 is 2.07 bits per heavy atom. The molecule has 3 rings (SSSR count). The van der Waals surface area contributed by atoms with Crippen LogP contribution in [-0.4, -0.2) is 80.9 Å². The Labute approximate surface area is 159 Å². The van der Waals surface area contributed by atoms with Gasteiger partial charge >= 0.3 is 12.1 Å². The Bertz CT molecular complexity index is 732. The summed E-state index contributed by atoms with van der Waals surface area (Å²) in [6.45, 7) is 4.23. The topological polar surface area (TPSA) is 157 Å². The maximum absolute atomic E-state index is 12.3. The van der Waals surface area contributed by atoms with E-state index in [9.17, 15) is 24.6 Å². The summed E-state index contributed by atoms with van der Waals surface area (Å²) >= 11 is 1.40. The first kappa shape index (κ1) is 19.5. The van der Waals surface area contributed by atoms with Crippen LogP contribution in [0.5, 0.6) is 0 Å². The molecule has 148 valence electrons. The van der Waals surface area contributed by atoms with Crippen molar-refractivity contribution in [3.8, 4) is 0 Å². The molecule has 27 heavy (non-hydrogen) atoms. The molecule has 0 aromatic rings. The molecular weight excluding hydrogens is 376 g/mol. The first-order valence-electron chi connectivity index (χ1n) is 8.53. The van der Waals surface area contributed by atoms with Gasteiger partial charge in [0.25, 0.3) is 0 Å². The van der Waals surface area contributed by atoms with Crippen molar-refractivity contribution in [1.82, 2.24) is 9.80 Å². The zero-order valence-corrected chi connectivity index (χ0v) is 15.7. The molecular formula is C16H22N4O6S. The number of aliphatic carboxylic acids is 1. The number of aliphatic hydroxyl groups excluding tert-OH is 1. The highest BCUT2D eigenvalue weighted by Crippen LogP contribution is 2.51. The number of carbonyl (C=O) groups is 3. The maximum atomic E-state index is 12.3. The average Bonchev–Trinajstić information content (AvgIpc) is 2.77. The minimum Gasteiger partial charge on any atom is -0.477 e. The number of carbonyl (C=O) groups excluding carboxylic acids is 2. The highest BCUT2D eigenvalue weighted by atomic mass is 32.2. The zero-order chi connectivity index (χ0) is 20.0. The van der Waals surface area contributed by atoms with Crippen molar-refractivity contribution in [1.29, 1.82) is 5.41 Å². The van der Waals surface area contributed by atoms with E-state index in [4.69, 9.17) is 11.1 Å². The molecule has 0 radical (unpaired) electrons. The molecule has 2 saturated heterocycles. The molecule has 0 spiro atoms. The van der Waals surface area contributed by atoms with E-state index in [1.807, 2.05) is 6.92 Å². The van der Waals surface area contributed by atoms with E-state index in [2.05, 4.69) is 4.74 Å². The summed E-state index contributed by atoms with van der Waals surface area (Å²) in [6, 6.07) is -0.329. The Morgan fingerprint density at radius 1 is 1.44 bits per heavy atom. The number of likely N-dealkylation sites (tertiary alicyclic amines) is 1. The molecule has 0 saturated carbocycles. The van der Waals surface area contributed by atoms with Gasteiger partial charge in [-0.15, -0.1) is 11.8 Å². The molecule has 0 aromatic heterocycles. The number of primary amides is 1. The predicted molar refractivity (Wildman–Crippen MR) is 95.8 cm³/mol. The fourth-order valence-corrected chi connectivity index (χ4v) is 5.34. The monoisotopic (exact) mass is 398 g/mol. The second-order valence-electron chi connectivity index (χ2n) is 6.97. The second-order valence-corrected chi connectivity index (χ2v) is 8.31. The van der Waals surface area contributed by atoms with Crippen LogP contribution in [0.15, 0.2) is 10.6 Å². The van der Waals surface area contributed by atoms with Gasteiger partial charge in [0.05, 0.1) is 18.1 Å². The number of rotatable bonds is 6. The van der Waals surface area contributed by atoms with Gasteiger partial charge in [0.1, 0.15) is 18.1 Å². The van der Waals surface area contributed by atoms with Crippen LogP contribution < -0.4 is 5.73 Å². The number of nitrogens with two attached hydrogens (primary N) is 1. The lowest BCUT2D eigenvalue weighted by atomic mass is 9.79. The molecule has 11 heteroatoms. The lowest BCUT2D eigenvalue weighted by Crippen LogP contribution is -2.63. The lowest BCUT2D eigenvalue weighted by Gasteiger charge is -2.46. The van der Waals surface area contributed by atoms with Gasteiger partial charge in [0.15, 0.2) is 0 Å². The number of amides is 2. The number of carboxylic acids is 1. The van der Waals surface area contributed by atoms with Gasteiger partial charge in [-0.1, -0.05) is 6.92 Å². The normalized spacial score (nSPS) is 28.4. The number of hydrogen-bond acceptors (Lipinski definition) is 7. The summed E-state index contributed by atoms with van der Waals surface area (Å²) in [5.41, 5.74) is 4.88. The maximum Gasteiger partial charge on any atom is 0.404 e. The molecule has 2 amide bonds. The van der Waals surface area contributed by atoms with Crippen LogP contribution in [0.4, 0.5) is 4.79 Å². The predicted octanol–water partition coefficient (Wildman–Crippen LogP) is -0.370. The van der Waals surface area contributed by atoms with Crippen LogP contribution in [0.25, 0.3) is 0 Å². The first-order chi connectivity index (χ1) is 12.6. The summed E-state index contributed by atoms with van der Waals surface area (Å²) in [5, 5.41) is 27.3. The SMILES string of the molecule is C[C@@H](O)[C@H]1C(=O)N2C(C(=O)O)=C(SC3CN(C(=N)COC(N)=O)C3)[C@H](C)[C@H]12. The van der Waals surface area contributed by atoms with Crippen LogP contribution in [0.1, 0.15) is 13.8 Å². The van der Waals surface area contributed by atoms with Crippen molar-refractivity contribution < 1.29 is 29.3 Å². The van der Waals surface area contributed by atoms with Crippen molar-refractivity contribution in [3.63, 3.8) is 0 Å². The van der Waals surface area contributed by atoms with Crippen LogP contribution in [0.3, 0.4) is 0 Å². The fraction of sp³-hybridized carbons (Fsp3) is 0.625. The van der Waals surface area contributed by atoms with Crippen molar-refractivity contribution >= 4 is 35.6 Å². The van der Waals surface area contributed by atoms with Gasteiger partial charge in [0, 0.05) is 29.2 Å². The molecule has 10 nitrogen and oxygen atoms in total. The van der Waals surface area contributed by atoms with Crippen LogP contribution >= 0.6 is 11.8 Å². The van der Waals surface area contributed by atoms with E-state index in [0.29, 0.717) is 18.0 Å². The molecule has 3 heterocycles. The summed E-state index contributed by atoms with van der Waals surface area (Å²) in [5.74, 6) is -2.13. The average molecular weight is 398 g/mol. The quantitative estimate of drug-likeness (QED) is 0.268. The number of amidine groups is 1. The third-order valence-electron chi connectivity index (χ3n) is 5.19. The van der Waals surface area contributed by atoms with E-state index in [1.54, 1.807) is 11.8 Å². The highest BCUT2D eigenvalue weighted by Gasteiger charge is 2.60. The Balaban J connectivity index is 1.65. The number of nitrogens with zero attached hydrogens (tertiary/aromatic N) is 2. The van der Waals surface area contributed by atoms with Crippen LogP contribution in [0, 0.1) is 17.2 Å². The Kier molecular flexibility index (Phi) is 5.08. The smallest absolute Gasteiger partial charge is 0.404 e. The molecule has 2 fully saturated rings. The summed E-state index contributed by atoms with van der Waals surface area (Å²) in [4.78, 5) is 38.3. The molecule has 0 bridgehead atoms. The van der Waals surface area contributed by atoms with Crippen molar-refractivity contribution in [3.05, 3.63) is 10.6 Å². The summed E-state index contributed by atoms with van der Waals surface area (Å²) < 4.78 is 4.59. The molecule has 5 N–H and O–H groups in total. The number of β-lactam (4-membered cyclic amide) rings is 1. The molecule has 0 aliphatic carbocycles. The van der Waals surface area contributed by atoms with E-state index < -0.39 is 24.1 Å². The lowest BCUT2D eigenvalue weighted by molar-refractivity contribution is -0.163. The van der Waals surface area contributed by atoms with Gasteiger partial charge in [-0.2, -0.15) is 0 Å². The minimum atomic E-state index is -1.15. The van der Waals surface area contributed by atoms with Gasteiger partial charge in [-0.25, -0.2) is 9.59 Å². The molecule has 4 atom stereocenters.